The van der Waals surface area contributed by atoms with Crippen molar-refractivity contribution in [1.29, 1.82) is 0 Å². The first kappa shape index (κ1) is 11.1. The highest BCUT2D eigenvalue weighted by molar-refractivity contribution is 5.30. The Kier molecular flexibility index (Phi) is 3.17. The Bertz CT molecular complexity index is 280. The molecule has 0 fully saturated rings. The molecule has 0 saturated heterocycles. The molecule has 0 spiro atoms. The third kappa shape index (κ3) is 3.04. The van der Waals surface area contributed by atoms with Crippen LogP contribution in [0.3, 0.4) is 0 Å². The molecule has 14 heavy (non-hydrogen) atoms. The predicted octanol–water partition coefficient (Wildman–Crippen LogP) is 2.70. The average molecular weight is 194 g/mol. The van der Waals surface area contributed by atoms with Gasteiger partial charge in [0.05, 0.1) is 11.7 Å². The molecule has 0 aliphatic carbocycles. The summed E-state index contributed by atoms with van der Waals surface area (Å²) in [7, 11) is 0. The van der Waals surface area contributed by atoms with Crippen molar-refractivity contribution in [3.8, 4) is 5.75 Å². The minimum absolute atomic E-state index is 0.183. The van der Waals surface area contributed by atoms with Crippen LogP contribution in [0, 0.1) is 0 Å². The van der Waals surface area contributed by atoms with E-state index in [4.69, 9.17) is 4.74 Å². The second-order valence-corrected chi connectivity index (χ2v) is 4.25. The van der Waals surface area contributed by atoms with E-state index in [1.54, 1.807) is 13.8 Å². The molecule has 1 aromatic rings. The van der Waals surface area contributed by atoms with Gasteiger partial charge < -0.3 is 9.84 Å². The summed E-state index contributed by atoms with van der Waals surface area (Å²) < 4.78 is 5.50. The third-order valence-corrected chi connectivity index (χ3v) is 1.93. The van der Waals surface area contributed by atoms with Crippen molar-refractivity contribution in [3.63, 3.8) is 0 Å². The Labute approximate surface area is 85.5 Å². The first-order valence-electron chi connectivity index (χ1n) is 4.89. The molecule has 0 atom stereocenters. The summed E-state index contributed by atoms with van der Waals surface area (Å²) in [5.74, 6) is 0.841. The molecular formula is C12H18O2. The van der Waals surface area contributed by atoms with Gasteiger partial charge in [0.1, 0.15) is 5.75 Å². The SMILES string of the molecule is CC(C)Oc1ccc(C(C)(C)O)cc1. The molecule has 0 amide bonds. The summed E-state index contributed by atoms with van der Waals surface area (Å²) in [4.78, 5) is 0. The van der Waals surface area contributed by atoms with Crippen molar-refractivity contribution in [2.45, 2.75) is 39.4 Å². The Morgan fingerprint density at radius 1 is 1.14 bits per heavy atom. The zero-order chi connectivity index (χ0) is 10.8. The van der Waals surface area contributed by atoms with Gasteiger partial charge in [-0.15, -0.1) is 0 Å². The second-order valence-electron chi connectivity index (χ2n) is 4.25. The topological polar surface area (TPSA) is 29.5 Å². The fourth-order valence-electron chi connectivity index (χ4n) is 1.21. The molecule has 1 aromatic carbocycles. The number of rotatable bonds is 3. The van der Waals surface area contributed by atoms with E-state index in [-0.39, 0.29) is 6.10 Å². The summed E-state index contributed by atoms with van der Waals surface area (Å²) >= 11 is 0. The van der Waals surface area contributed by atoms with E-state index in [0.29, 0.717) is 0 Å². The molecule has 0 radical (unpaired) electrons. The van der Waals surface area contributed by atoms with Gasteiger partial charge in [0.2, 0.25) is 0 Å². The highest BCUT2D eigenvalue weighted by atomic mass is 16.5. The summed E-state index contributed by atoms with van der Waals surface area (Å²) in [6.07, 6.45) is 0.183. The summed E-state index contributed by atoms with van der Waals surface area (Å²) in [5.41, 5.74) is 0.115. The molecule has 0 bridgehead atoms. The maximum atomic E-state index is 9.72. The Morgan fingerprint density at radius 3 is 2.00 bits per heavy atom. The van der Waals surface area contributed by atoms with Crippen LogP contribution in [-0.2, 0) is 5.60 Å². The molecule has 78 valence electrons. The summed E-state index contributed by atoms with van der Waals surface area (Å²) in [6.45, 7) is 7.52. The highest BCUT2D eigenvalue weighted by Gasteiger charge is 2.15. The maximum Gasteiger partial charge on any atom is 0.119 e. The molecule has 0 unspecified atom stereocenters. The fourth-order valence-corrected chi connectivity index (χ4v) is 1.21. The predicted molar refractivity (Wildman–Crippen MR) is 57.5 cm³/mol. The second kappa shape index (κ2) is 4.01. The molecule has 1 N–H and O–H groups in total. The lowest BCUT2D eigenvalue weighted by atomic mass is 9.99. The van der Waals surface area contributed by atoms with Crippen LogP contribution in [0.5, 0.6) is 5.75 Å². The van der Waals surface area contributed by atoms with Gasteiger partial charge in [0, 0.05) is 0 Å². The van der Waals surface area contributed by atoms with Crippen molar-refractivity contribution >= 4 is 0 Å². The number of hydrogen-bond donors (Lipinski definition) is 1. The van der Waals surface area contributed by atoms with Crippen molar-refractivity contribution in [2.75, 3.05) is 0 Å². The molecule has 0 saturated carbocycles. The lowest BCUT2D eigenvalue weighted by Gasteiger charge is -2.18. The molecule has 0 aliphatic rings. The molecule has 0 aliphatic heterocycles. The van der Waals surface area contributed by atoms with E-state index < -0.39 is 5.60 Å². The fraction of sp³-hybridized carbons (Fsp3) is 0.500. The van der Waals surface area contributed by atoms with E-state index in [1.165, 1.54) is 0 Å². The lowest BCUT2D eigenvalue weighted by molar-refractivity contribution is 0.0785. The van der Waals surface area contributed by atoms with E-state index in [0.717, 1.165) is 11.3 Å². The van der Waals surface area contributed by atoms with Crippen LogP contribution in [0.25, 0.3) is 0 Å². The Morgan fingerprint density at radius 2 is 1.64 bits per heavy atom. The van der Waals surface area contributed by atoms with Crippen molar-refractivity contribution in [3.05, 3.63) is 29.8 Å². The van der Waals surface area contributed by atoms with E-state index >= 15 is 0 Å². The van der Waals surface area contributed by atoms with Crippen LogP contribution in [-0.4, -0.2) is 11.2 Å². The first-order valence-corrected chi connectivity index (χ1v) is 4.89. The minimum atomic E-state index is -0.781. The standard InChI is InChI=1S/C12H18O2/c1-9(2)14-11-7-5-10(6-8-11)12(3,4)13/h5-9,13H,1-4H3. The quantitative estimate of drug-likeness (QED) is 0.801. The minimum Gasteiger partial charge on any atom is -0.491 e. The summed E-state index contributed by atoms with van der Waals surface area (Å²) in [6, 6.07) is 7.54. The van der Waals surface area contributed by atoms with Gasteiger partial charge in [-0.25, -0.2) is 0 Å². The molecule has 1 rings (SSSR count). The van der Waals surface area contributed by atoms with Crippen LogP contribution in [0.2, 0.25) is 0 Å². The smallest absolute Gasteiger partial charge is 0.119 e. The number of benzene rings is 1. The largest absolute Gasteiger partial charge is 0.491 e. The average Bonchev–Trinajstić information content (AvgIpc) is 2.02. The zero-order valence-corrected chi connectivity index (χ0v) is 9.24. The van der Waals surface area contributed by atoms with Gasteiger partial charge in [-0.1, -0.05) is 12.1 Å². The van der Waals surface area contributed by atoms with E-state index in [9.17, 15) is 5.11 Å². The van der Waals surface area contributed by atoms with Gasteiger partial charge in [0.25, 0.3) is 0 Å². The van der Waals surface area contributed by atoms with Crippen molar-refractivity contribution in [1.82, 2.24) is 0 Å². The maximum absolute atomic E-state index is 9.72. The zero-order valence-electron chi connectivity index (χ0n) is 9.24. The Balaban J connectivity index is 2.79. The van der Waals surface area contributed by atoms with Gasteiger partial charge >= 0.3 is 0 Å². The van der Waals surface area contributed by atoms with E-state index in [1.807, 2.05) is 38.1 Å². The highest BCUT2D eigenvalue weighted by Crippen LogP contribution is 2.22. The lowest BCUT2D eigenvalue weighted by Crippen LogP contribution is -2.15. The first-order chi connectivity index (χ1) is 6.39. The van der Waals surface area contributed by atoms with Crippen LogP contribution in [0.4, 0.5) is 0 Å². The van der Waals surface area contributed by atoms with Crippen LogP contribution in [0.1, 0.15) is 33.3 Å². The molecule has 0 heterocycles. The number of aliphatic hydroxyl groups is 1. The van der Waals surface area contributed by atoms with Crippen LogP contribution in [0.15, 0.2) is 24.3 Å². The van der Waals surface area contributed by atoms with Gasteiger partial charge in [-0.3, -0.25) is 0 Å². The third-order valence-electron chi connectivity index (χ3n) is 1.93. The number of ether oxygens (including phenoxy) is 1. The van der Waals surface area contributed by atoms with Gasteiger partial charge in [-0.05, 0) is 45.4 Å². The van der Waals surface area contributed by atoms with Gasteiger partial charge in [-0.2, -0.15) is 0 Å². The molecule has 2 heteroatoms. The molecule has 0 aromatic heterocycles. The van der Waals surface area contributed by atoms with Crippen LogP contribution < -0.4 is 4.74 Å². The monoisotopic (exact) mass is 194 g/mol. The molecular weight excluding hydrogens is 176 g/mol. The van der Waals surface area contributed by atoms with Crippen LogP contribution >= 0.6 is 0 Å². The number of hydrogen-bond acceptors (Lipinski definition) is 2. The van der Waals surface area contributed by atoms with Gasteiger partial charge in [0.15, 0.2) is 0 Å². The van der Waals surface area contributed by atoms with E-state index in [2.05, 4.69) is 0 Å². The normalized spacial score (nSPS) is 11.9. The summed E-state index contributed by atoms with van der Waals surface area (Å²) in [5, 5.41) is 9.72. The Hall–Kier alpha value is -1.02. The van der Waals surface area contributed by atoms with Crippen molar-refractivity contribution < 1.29 is 9.84 Å². The molecule has 2 nitrogen and oxygen atoms in total. The van der Waals surface area contributed by atoms with Crippen molar-refractivity contribution in [2.24, 2.45) is 0 Å².